The van der Waals surface area contributed by atoms with Crippen molar-refractivity contribution < 1.29 is 45.1 Å². The molecule has 8 N–H and O–H groups in total. The van der Waals surface area contributed by atoms with Crippen LogP contribution in [-0.2, 0) is 20.2 Å². The molecule has 2 aromatic heterocycles. The molecule has 0 radical (unpaired) electrons. The number of benzene rings is 2. The van der Waals surface area contributed by atoms with Gasteiger partial charge in [0.05, 0.1) is 92.8 Å². The zero-order valence-corrected chi connectivity index (χ0v) is 37.4. The van der Waals surface area contributed by atoms with Crippen molar-refractivity contribution in [2.45, 2.75) is 9.79 Å². The van der Waals surface area contributed by atoms with Gasteiger partial charge >= 0.3 is 0 Å². The highest BCUT2D eigenvalue weighted by Crippen LogP contribution is 2.29. The molecule has 6 rings (SSSR count). The third kappa shape index (κ3) is 12.4. The molecule has 64 heavy (non-hydrogen) atoms. The number of likely N-dealkylation sites (N-methyl/N-ethyl adjacent to an activating group) is 2. The van der Waals surface area contributed by atoms with Crippen molar-refractivity contribution in [2.24, 2.45) is 0 Å². The fourth-order valence-electron chi connectivity index (χ4n) is 7.29. The molecular weight excluding hydrogens is 869 g/mol. The molecule has 0 spiro atoms. The highest BCUT2D eigenvalue weighted by molar-refractivity contribution is 7.86. The summed E-state index contributed by atoms with van der Waals surface area (Å²) in [5.41, 5.74) is 0.378. The van der Waals surface area contributed by atoms with Crippen LogP contribution in [0.3, 0.4) is 0 Å². The number of quaternary nitrogens is 2. The van der Waals surface area contributed by atoms with Crippen LogP contribution in [0, 0.1) is 0 Å². The van der Waals surface area contributed by atoms with Gasteiger partial charge in [0.2, 0.25) is 35.7 Å². The highest BCUT2D eigenvalue weighted by Gasteiger charge is 2.31. The smallest absolute Gasteiger partial charge is 0.295 e. The first-order valence-electron chi connectivity index (χ1n) is 20.5. The summed E-state index contributed by atoms with van der Waals surface area (Å²) in [5, 5.41) is 30.7. The minimum absolute atomic E-state index is 0.00543. The quantitative estimate of drug-likeness (QED) is 0.0272. The summed E-state index contributed by atoms with van der Waals surface area (Å²) in [6, 6.07) is 8.16. The largest absolute Gasteiger partial charge is 0.395 e. The Morgan fingerprint density at radius 3 is 1.30 bits per heavy atom. The minimum Gasteiger partial charge on any atom is -0.395 e. The third-order valence-corrected chi connectivity index (χ3v) is 12.7. The predicted octanol–water partition coefficient (Wildman–Crippen LogP) is 1.92. The molecule has 24 heteroatoms. The molecule has 2 saturated heterocycles. The minimum atomic E-state index is -4.85. The number of aromatic nitrogens is 6. The summed E-state index contributed by atoms with van der Waals surface area (Å²) in [5.74, 6) is 1.24. The van der Waals surface area contributed by atoms with Gasteiger partial charge in [0, 0.05) is 24.5 Å². The molecule has 2 aliphatic rings. The summed E-state index contributed by atoms with van der Waals surface area (Å²) in [6.45, 7) is 15.3. The topological polar surface area (TPSA) is 281 Å². The van der Waals surface area contributed by atoms with Gasteiger partial charge < -0.3 is 50.2 Å². The van der Waals surface area contributed by atoms with Crippen LogP contribution in [-0.4, -0.2) is 181 Å². The van der Waals surface area contributed by atoms with E-state index in [1.54, 1.807) is 0 Å². The van der Waals surface area contributed by atoms with E-state index in [1.165, 1.54) is 48.6 Å². The molecule has 2 aromatic carbocycles. The van der Waals surface area contributed by atoms with E-state index in [4.69, 9.17) is 0 Å². The number of hydrogen-bond donors (Lipinski definition) is 8. The van der Waals surface area contributed by atoms with E-state index in [-0.39, 0.29) is 72.6 Å². The standard InChI is InChI=1S/C40H54N14O8S2/c1-5-19-53(3)21-15-51(16-22-53)39-47-35(41-13-25-55)45-37(49-39)43-31-11-9-29(33(27-31)63(57,58)59)7-8-30-10-12-32(28-34(30)64(60,61)62)44-38-46-36(42-14-26-56)48-40(50-38)52-17-23-54(4,20-6-2)24-18-52/h5-12,27-28,55-56H,1-2,13-26H2,3-4H3,(H4-2,41,42,43,44,45,46,47,48,49,50,57,58,59,60,61,62)/p+2/b8-7+. The second-order valence-electron chi connectivity index (χ2n) is 16.0. The Kier molecular flexibility index (Phi) is 15.1. The fraction of sp³-hybridized carbons (Fsp3) is 0.400. The Morgan fingerprint density at radius 1 is 0.609 bits per heavy atom. The SMILES string of the molecule is C=CC[N+]1(C)CCN(c2nc(NCCO)nc(Nc3ccc(/C=C/c4ccc(Nc5nc(NCCO)nc(N6CC[N+](C)(CC=C)CC6)n5)cc4S(=O)(=O)O)c(S(=O)(=O)O)c3)n2)CC1. The van der Waals surface area contributed by atoms with Crippen LogP contribution in [0.4, 0.5) is 47.1 Å². The van der Waals surface area contributed by atoms with Gasteiger partial charge in [-0.3, -0.25) is 9.11 Å². The molecule has 0 unspecified atom stereocenters. The second-order valence-corrected chi connectivity index (χ2v) is 18.7. The van der Waals surface area contributed by atoms with Crippen LogP contribution in [0.25, 0.3) is 12.2 Å². The molecule has 2 aliphatic heterocycles. The molecule has 0 aliphatic carbocycles. The maximum Gasteiger partial charge on any atom is 0.295 e. The van der Waals surface area contributed by atoms with Crippen LogP contribution in [0.1, 0.15) is 11.1 Å². The molecule has 344 valence electrons. The molecule has 0 bridgehead atoms. The van der Waals surface area contributed by atoms with Crippen LogP contribution in [0.5, 0.6) is 0 Å². The Labute approximate surface area is 372 Å². The average Bonchev–Trinajstić information content (AvgIpc) is 3.24. The molecule has 0 saturated carbocycles. The van der Waals surface area contributed by atoms with E-state index in [9.17, 15) is 36.2 Å². The first-order chi connectivity index (χ1) is 30.4. The number of aliphatic hydroxyl groups is 2. The number of piperazine rings is 2. The molecule has 0 atom stereocenters. The van der Waals surface area contributed by atoms with Crippen molar-refractivity contribution in [2.75, 3.05) is 137 Å². The number of nitrogens with zero attached hydrogens (tertiary/aromatic N) is 10. The van der Waals surface area contributed by atoms with Gasteiger partial charge in [-0.05, 0) is 47.5 Å². The maximum atomic E-state index is 12.7. The summed E-state index contributed by atoms with van der Waals surface area (Å²) in [4.78, 5) is 30.0. The lowest BCUT2D eigenvalue weighted by molar-refractivity contribution is -0.904. The average molecular weight is 925 g/mol. The molecule has 0 amide bonds. The fourth-order valence-corrected chi connectivity index (χ4v) is 8.71. The van der Waals surface area contributed by atoms with Crippen molar-refractivity contribution in [3.8, 4) is 0 Å². The van der Waals surface area contributed by atoms with Crippen molar-refractivity contribution in [3.05, 3.63) is 72.8 Å². The van der Waals surface area contributed by atoms with E-state index in [2.05, 4.69) is 78.4 Å². The summed E-state index contributed by atoms with van der Waals surface area (Å²) >= 11 is 0. The van der Waals surface area contributed by atoms with Crippen LogP contribution < -0.4 is 31.1 Å². The van der Waals surface area contributed by atoms with Gasteiger partial charge in [-0.2, -0.15) is 46.7 Å². The number of aliphatic hydroxyl groups excluding tert-OH is 2. The Morgan fingerprint density at radius 2 is 0.969 bits per heavy atom. The summed E-state index contributed by atoms with van der Waals surface area (Å²) in [7, 11) is -5.39. The molecular formula is C40H56N14O8S2+2. The van der Waals surface area contributed by atoms with Crippen LogP contribution >= 0.6 is 0 Å². The summed E-state index contributed by atoms with van der Waals surface area (Å²) in [6.07, 6.45) is 6.36. The first-order valence-corrected chi connectivity index (χ1v) is 23.4. The third-order valence-electron chi connectivity index (χ3n) is 10.9. The molecule has 22 nitrogen and oxygen atoms in total. The number of hydrogen-bond acceptors (Lipinski definition) is 18. The van der Waals surface area contributed by atoms with Gasteiger partial charge in [0.15, 0.2) is 0 Å². The van der Waals surface area contributed by atoms with E-state index in [0.29, 0.717) is 38.1 Å². The van der Waals surface area contributed by atoms with Crippen molar-refractivity contribution >= 4 is 79.5 Å². The van der Waals surface area contributed by atoms with Crippen molar-refractivity contribution in [1.29, 1.82) is 0 Å². The summed E-state index contributed by atoms with van der Waals surface area (Å²) < 4.78 is 73.2. The zero-order chi connectivity index (χ0) is 46.1. The predicted molar refractivity (Wildman–Crippen MR) is 245 cm³/mol. The van der Waals surface area contributed by atoms with Crippen molar-refractivity contribution in [3.63, 3.8) is 0 Å². The lowest BCUT2D eigenvalue weighted by Gasteiger charge is -2.41. The Balaban J connectivity index is 1.25. The lowest BCUT2D eigenvalue weighted by atomic mass is 10.1. The Bertz CT molecular complexity index is 2390. The molecule has 4 aromatic rings. The highest BCUT2D eigenvalue weighted by atomic mass is 32.2. The molecule has 2 fully saturated rings. The number of nitrogens with one attached hydrogen (secondary N) is 4. The van der Waals surface area contributed by atoms with Gasteiger partial charge in [0.1, 0.15) is 9.79 Å². The zero-order valence-electron chi connectivity index (χ0n) is 35.8. The van der Waals surface area contributed by atoms with Crippen molar-refractivity contribution in [1.82, 2.24) is 29.9 Å². The first kappa shape index (κ1) is 47.6. The van der Waals surface area contributed by atoms with Crippen LogP contribution in [0.15, 0.2) is 71.5 Å². The van der Waals surface area contributed by atoms with Crippen LogP contribution in [0.2, 0.25) is 0 Å². The number of rotatable bonds is 20. The Hall–Kier alpha value is -5.86. The van der Waals surface area contributed by atoms with Gasteiger partial charge in [0.25, 0.3) is 20.2 Å². The van der Waals surface area contributed by atoms with Gasteiger partial charge in [-0.25, -0.2) is 0 Å². The van der Waals surface area contributed by atoms with E-state index >= 15 is 0 Å². The maximum absolute atomic E-state index is 12.7. The lowest BCUT2D eigenvalue weighted by Crippen LogP contribution is -2.57. The second kappa shape index (κ2) is 20.3. The van der Waals surface area contributed by atoms with Gasteiger partial charge in [-0.15, -0.1) is 0 Å². The normalized spacial score (nSPS) is 16.3. The van der Waals surface area contributed by atoms with Gasteiger partial charge in [-0.1, -0.05) is 37.4 Å². The van der Waals surface area contributed by atoms with E-state index < -0.39 is 30.0 Å². The van der Waals surface area contributed by atoms with E-state index in [0.717, 1.165) is 48.2 Å². The molecule has 4 heterocycles. The van der Waals surface area contributed by atoms with E-state index in [1.807, 2.05) is 22.0 Å². The monoisotopic (exact) mass is 924 g/mol. The number of anilines is 8.